The maximum Gasteiger partial charge on any atom is 0.191 e. The number of H-pyrrole nitrogens is 1. The highest BCUT2D eigenvalue weighted by Crippen LogP contribution is 2.15. The number of hydrogen-bond donors (Lipinski definition) is 3. The van der Waals surface area contributed by atoms with Crippen LogP contribution in [0.5, 0.6) is 0 Å². The van der Waals surface area contributed by atoms with E-state index in [2.05, 4.69) is 47.8 Å². The molecule has 0 spiro atoms. The third kappa shape index (κ3) is 6.71. The Hall–Kier alpha value is -1.72. The molecular weight excluding hydrogens is 469 g/mol. The third-order valence-corrected chi connectivity index (χ3v) is 4.84. The van der Waals surface area contributed by atoms with E-state index in [0.29, 0.717) is 12.6 Å². The number of ether oxygens (including phenoxy) is 1. The summed E-state index contributed by atoms with van der Waals surface area (Å²) in [5.41, 5.74) is 2.19. The molecule has 3 rings (SSSR count). The maximum absolute atomic E-state index is 5.16. The Balaban J connectivity index is 0.00000280. The van der Waals surface area contributed by atoms with Gasteiger partial charge in [-0.1, -0.05) is 18.2 Å². The normalized spacial score (nSPS) is 15.9. The van der Waals surface area contributed by atoms with Crippen molar-refractivity contribution in [1.82, 2.24) is 30.7 Å². The predicted molar refractivity (Wildman–Crippen MR) is 122 cm³/mol. The van der Waals surface area contributed by atoms with Gasteiger partial charge in [-0.05, 0) is 24.5 Å². The van der Waals surface area contributed by atoms with E-state index in [-0.39, 0.29) is 24.0 Å². The van der Waals surface area contributed by atoms with Crippen LogP contribution in [0, 0.1) is 0 Å². The number of nitrogens with zero attached hydrogens (tertiary/aromatic N) is 4. The second-order valence-corrected chi connectivity index (χ2v) is 6.71. The number of hydrogen-bond acceptors (Lipinski definition) is 5. The van der Waals surface area contributed by atoms with Crippen molar-refractivity contribution in [2.75, 3.05) is 40.4 Å². The number of aliphatic imine (C=N–C) groups is 1. The van der Waals surface area contributed by atoms with Gasteiger partial charge in [-0.2, -0.15) is 5.10 Å². The molecule has 0 bridgehead atoms. The quantitative estimate of drug-likeness (QED) is 0.306. The summed E-state index contributed by atoms with van der Waals surface area (Å²) >= 11 is 0. The summed E-state index contributed by atoms with van der Waals surface area (Å²) in [6.07, 6.45) is 3.75. The zero-order chi connectivity index (χ0) is 18.9. The number of benzene rings is 1. The molecule has 2 aromatic rings. The Labute approximate surface area is 183 Å². The van der Waals surface area contributed by atoms with Crippen LogP contribution in [0.2, 0.25) is 0 Å². The van der Waals surface area contributed by atoms with Gasteiger partial charge in [-0.3, -0.25) is 10.1 Å². The fourth-order valence-electron chi connectivity index (χ4n) is 3.27. The Morgan fingerprint density at radius 1 is 1.36 bits per heavy atom. The van der Waals surface area contributed by atoms with E-state index >= 15 is 0 Å². The molecule has 2 heterocycles. The van der Waals surface area contributed by atoms with E-state index in [1.165, 1.54) is 11.9 Å². The first kappa shape index (κ1) is 22.6. The molecule has 9 heteroatoms. The van der Waals surface area contributed by atoms with Crippen LogP contribution in [0.1, 0.15) is 18.4 Å². The Morgan fingerprint density at radius 3 is 2.86 bits per heavy atom. The van der Waals surface area contributed by atoms with Crippen molar-refractivity contribution in [1.29, 1.82) is 0 Å². The lowest BCUT2D eigenvalue weighted by molar-refractivity contribution is 0.128. The molecule has 0 saturated carbocycles. The zero-order valence-corrected chi connectivity index (χ0v) is 18.8. The fraction of sp³-hybridized carbons (Fsp3) is 0.526. The van der Waals surface area contributed by atoms with E-state index in [1.54, 1.807) is 7.11 Å². The second-order valence-electron chi connectivity index (χ2n) is 6.71. The molecular formula is C19H30IN7O. The molecule has 28 heavy (non-hydrogen) atoms. The molecule has 0 radical (unpaired) electrons. The van der Waals surface area contributed by atoms with E-state index in [1.807, 2.05) is 19.2 Å². The van der Waals surface area contributed by atoms with Gasteiger partial charge in [0.25, 0.3) is 0 Å². The summed E-state index contributed by atoms with van der Waals surface area (Å²) in [6, 6.07) is 8.70. The van der Waals surface area contributed by atoms with Gasteiger partial charge in [-0.15, -0.1) is 24.0 Å². The van der Waals surface area contributed by atoms with Crippen LogP contribution in [0.4, 0.5) is 0 Å². The lowest BCUT2D eigenvalue weighted by Gasteiger charge is -2.32. The summed E-state index contributed by atoms with van der Waals surface area (Å²) < 4.78 is 5.16. The summed E-state index contributed by atoms with van der Waals surface area (Å²) in [5, 5.41) is 13.8. The largest absolute Gasteiger partial charge is 0.383 e. The molecule has 8 nitrogen and oxygen atoms in total. The van der Waals surface area contributed by atoms with Gasteiger partial charge in [-0.25, -0.2) is 4.98 Å². The Bertz CT molecular complexity index is 715. The van der Waals surface area contributed by atoms with Gasteiger partial charge < -0.3 is 20.3 Å². The molecule has 1 aromatic carbocycles. The first-order chi connectivity index (χ1) is 13.3. The van der Waals surface area contributed by atoms with Crippen molar-refractivity contribution >= 4 is 29.9 Å². The maximum atomic E-state index is 5.16. The van der Waals surface area contributed by atoms with E-state index in [9.17, 15) is 0 Å². The minimum absolute atomic E-state index is 0. The number of halogens is 1. The van der Waals surface area contributed by atoms with Gasteiger partial charge in [0.05, 0.1) is 6.61 Å². The highest BCUT2D eigenvalue weighted by molar-refractivity contribution is 14.0. The Kier molecular flexibility index (Phi) is 9.65. The summed E-state index contributed by atoms with van der Waals surface area (Å²) in [7, 11) is 3.57. The van der Waals surface area contributed by atoms with Gasteiger partial charge in [0, 0.05) is 51.9 Å². The zero-order valence-electron chi connectivity index (χ0n) is 16.5. The third-order valence-electron chi connectivity index (χ3n) is 4.84. The van der Waals surface area contributed by atoms with E-state index < -0.39 is 0 Å². The van der Waals surface area contributed by atoms with Gasteiger partial charge >= 0.3 is 0 Å². The topological polar surface area (TPSA) is 90.5 Å². The van der Waals surface area contributed by atoms with Crippen LogP contribution in [-0.4, -0.2) is 72.5 Å². The fourth-order valence-corrected chi connectivity index (χ4v) is 3.27. The van der Waals surface area contributed by atoms with Crippen molar-refractivity contribution in [3.05, 3.63) is 36.2 Å². The molecule has 0 amide bonds. The second kappa shape index (κ2) is 12.0. The minimum atomic E-state index is 0. The molecule has 154 valence electrons. The van der Waals surface area contributed by atoms with E-state index in [0.717, 1.165) is 56.4 Å². The van der Waals surface area contributed by atoms with Crippen LogP contribution < -0.4 is 10.6 Å². The lowest BCUT2D eigenvalue weighted by atomic mass is 10.1. The molecule has 0 atom stereocenters. The first-order valence-electron chi connectivity index (χ1n) is 9.41. The Morgan fingerprint density at radius 2 is 2.18 bits per heavy atom. The van der Waals surface area contributed by atoms with E-state index in [4.69, 9.17) is 4.74 Å². The highest BCUT2D eigenvalue weighted by atomic mass is 127. The molecule has 1 aromatic heterocycles. The highest BCUT2D eigenvalue weighted by Gasteiger charge is 2.19. The van der Waals surface area contributed by atoms with Gasteiger partial charge in [0.15, 0.2) is 11.8 Å². The molecule has 0 unspecified atom stereocenters. The van der Waals surface area contributed by atoms with Crippen LogP contribution in [0.15, 0.2) is 35.6 Å². The molecule has 1 fully saturated rings. The number of nitrogens with one attached hydrogen (secondary N) is 3. The summed E-state index contributed by atoms with van der Waals surface area (Å²) in [5.74, 6) is 1.62. The number of methoxy groups -OCH3 is 1. The lowest BCUT2D eigenvalue weighted by Crippen LogP contribution is -2.48. The van der Waals surface area contributed by atoms with Crippen LogP contribution in [0.25, 0.3) is 11.4 Å². The van der Waals surface area contributed by atoms with Crippen LogP contribution >= 0.6 is 24.0 Å². The van der Waals surface area contributed by atoms with Crippen molar-refractivity contribution < 1.29 is 4.74 Å². The van der Waals surface area contributed by atoms with Crippen LogP contribution in [0.3, 0.4) is 0 Å². The first-order valence-corrected chi connectivity index (χ1v) is 9.41. The van der Waals surface area contributed by atoms with Crippen molar-refractivity contribution in [2.24, 2.45) is 4.99 Å². The van der Waals surface area contributed by atoms with Crippen molar-refractivity contribution in [3.8, 4) is 11.4 Å². The average Bonchev–Trinajstić information content (AvgIpc) is 3.25. The summed E-state index contributed by atoms with van der Waals surface area (Å²) in [4.78, 5) is 11.0. The molecule has 1 aliphatic rings. The van der Waals surface area contributed by atoms with Gasteiger partial charge in [0.1, 0.15) is 6.33 Å². The smallest absolute Gasteiger partial charge is 0.191 e. The molecule has 3 N–H and O–H groups in total. The number of aromatic amines is 1. The predicted octanol–water partition coefficient (Wildman–Crippen LogP) is 1.87. The van der Waals surface area contributed by atoms with Crippen molar-refractivity contribution in [3.63, 3.8) is 0 Å². The number of piperidine rings is 1. The minimum Gasteiger partial charge on any atom is -0.383 e. The SMILES string of the molecule is CN=C(NCc1cccc(-c2ncn[nH]2)c1)NC1CCN(CCOC)CC1.I. The molecule has 0 aliphatic carbocycles. The van der Waals surface area contributed by atoms with Gasteiger partial charge in [0.2, 0.25) is 0 Å². The van der Waals surface area contributed by atoms with Crippen molar-refractivity contribution in [2.45, 2.75) is 25.4 Å². The standard InChI is InChI=1S/C19H29N7O.HI/c1-20-19(24-17-6-8-26(9-7-17)10-11-27-2)21-13-15-4-3-5-16(12-15)18-22-14-23-25-18;/h3-5,12,14,17H,6-11,13H2,1-2H3,(H2,20,21,24)(H,22,23,25);1H. The van der Waals surface area contributed by atoms with Crippen LogP contribution in [-0.2, 0) is 11.3 Å². The summed E-state index contributed by atoms with van der Waals surface area (Å²) in [6.45, 7) is 4.70. The number of aromatic nitrogens is 3. The number of guanidine groups is 1. The monoisotopic (exact) mass is 499 g/mol. The molecule has 1 aliphatic heterocycles. The average molecular weight is 499 g/mol. The molecule has 1 saturated heterocycles. The number of likely N-dealkylation sites (tertiary alicyclic amines) is 1. The number of rotatable bonds is 7.